The highest BCUT2D eigenvalue weighted by Crippen LogP contribution is 2.31. The van der Waals surface area contributed by atoms with Crippen molar-refractivity contribution in [3.05, 3.63) is 28.2 Å². The van der Waals surface area contributed by atoms with E-state index in [-0.39, 0.29) is 0 Å². The highest BCUT2D eigenvalue weighted by atomic mass is 35.5. The predicted octanol–water partition coefficient (Wildman–Crippen LogP) is 3.71. The minimum atomic E-state index is -3.42. The average Bonchev–Trinajstić information content (AvgIpc) is 3.37. The van der Waals surface area contributed by atoms with E-state index < -0.39 is 10.0 Å². The molecule has 10 heteroatoms. The summed E-state index contributed by atoms with van der Waals surface area (Å²) in [6.45, 7) is 2.59. The molecule has 0 bridgehead atoms. The van der Waals surface area contributed by atoms with Crippen molar-refractivity contribution in [1.82, 2.24) is 14.4 Å². The summed E-state index contributed by atoms with van der Waals surface area (Å²) in [5, 5.41) is 4.13. The number of aromatic nitrogens is 2. The van der Waals surface area contributed by atoms with E-state index in [2.05, 4.69) is 10.1 Å². The van der Waals surface area contributed by atoms with E-state index in [1.54, 1.807) is 16.4 Å². The van der Waals surface area contributed by atoms with E-state index in [4.69, 9.17) is 20.9 Å². The third-order valence-electron chi connectivity index (χ3n) is 5.55. The molecule has 0 saturated carbocycles. The molecule has 0 radical (unpaired) electrons. The maximum absolute atomic E-state index is 12.7. The average molecular weight is 446 g/mol. The molecule has 2 aromatic rings. The van der Waals surface area contributed by atoms with Crippen LogP contribution < -0.4 is 0 Å². The quantitative estimate of drug-likeness (QED) is 0.673. The Hall–Kier alpha value is -1.00. The van der Waals surface area contributed by atoms with Gasteiger partial charge in [0.1, 0.15) is 4.21 Å². The first-order valence-corrected chi connectivity index (χ1v) is 12.3. The predicted molar refractivity (Wildman–Crippen MR) is 106 cm³/mol. The number of aryl methyl sites for hydroxylation is 1. The fourth-order valence-corrected chi connectivity index (χ4v) is 6.92. The van der Waals surface area contributed by atoms with Crippen LogP contribution >= 0.6 is 22.9 Å². The van der Waals surface area contributed by atoms with Gasteiger partial charge in [-0.3, -0.25) is 0 Å². The van der Waals surface area contributed by atoms with Crippen LogP contribution in [0.4, 0.5) is 0 Å². The molecule has 0 unspecified atom stereocenters. The Kier molecular flexibility index (Phi) is 6.37. The van der Waals surface area contributed by atoms with E-state index in [0.29, 0.717) is 33.5 Å². The monoisotopic (exact) mass is 445 g/mol. The molecule has 0 amide bonds. The summed E-state index contributed by atoms with van der Waals surface area (Å²) in [5.74, 6) is 2.27. The van der Waals surface area contributed by atoms with Gasteiger partial charge in [0.05, 0.1) is 4.34 Å². The van der Waals surface area contributed by atoms with Gasteiger partial charge in [0.25, 0.3) is 10.0 Å². The molecule has 2 saturated heterocycles. The second kappa shape index (κ2) is 8.79. The van der Waals surface area contributed by atoms with Gasteiger partial charge in [-0.15, -0.1) is 11.3 Å². The van der Waals surface area contributed by atoms with Crippen molar-refractivity contribution in [3.8, 4) is 0 Å². The summed E-state index contributed by atoms with van der Waals surface area (Å²) in [6.07, 6.45) is 5.29. The van der Waals surface area contributed by atoms with Crippen molar-refractivity contribution in [2.45, 2.75) is 48.7 Å². The summed E-state index contributed by atoms with van der Waals surface area (Å²) >= 11 is 7.00. The van der Waals surface area contributed by atoms with Crippen molar-refractivity contribution in [3.63, 3.8) is 0 Å². The number of thiophene rings is 1. The number of halogens is 1. The molecule has 2 aliphatic heterocycles. The molecule has 4 heterocycles. The zero-order chi connectivity index (χ0) is 19.6. The molecule has 2 aliphatic rings. The number of rotatable bonds is 6. The molecule has 2 fully saturated rings. The lowest BCUT2D eigenvalue weighted by atomic mass is 9.93. The van der Waals surface area contributed by atoms with Crippen molar-refractivity contribution in [1.29, 1.82) is 0 Å². The summed E-state index contributed by atoms with van der Waals surface area (Å²) in [4.78, 5) is 4.56. The standard InChI is InChI=1S/C18H24ClN3O4S2/c19-15-2-4-17(27-15)28(23,24)22-9-5-13(6-10-22)1-3-16-20-18(26-21-16)14-7-11-25-12-8-14/h2,4,13-14H,1,3,5-12H2. The molecule has 0 aliphatic carbocycles. The van der Waals surface area contributed by atoms with Gasteiger partial charge in [-0.2, -0.15) is 9.29 Å². The Morgan fingerprint density at radius 3 is 2.61 bits per heavy atom. The third-order valence-corrected chi connectivity index (χ3v) is 9.14. The molecular weight excluding hydrogens is 422 g/mol. The van der Waals surface area contributed by atoms with E-state index in [1.807, 2.05) is 0 Å². The van der Waals surface area contributed by atoms with Crippen molar-refractivity contribution in [2.24, 2.45) is 5.92 Å². The van der Waals surface area contributed by atoms with Crippen LogP contribution in [0.2, 0.25) is 4.34 Å². The third kappa shape index (κ3) is 4.59. The smallest absolute Gasteiger partial charge is 0.252 e. The number of sulfonamides is 1. The first kappa shape index (κ1) is 20.3. The van der Waals surface area contributed by atoms with Crippen LogP contribution in [0.25, 0.3) is 0 Å². The fraction of sp³-hybridized carbons (Fsp3) is 0.667. The molecule has 2 aromatic heterocycles. The normalized spacial score (nSPS) is 20.6. The lowest BCUT2D eigenvalue weighted by molar-refractivity contribution is 0.0778. The topological polar surface area (TPSA) is 85.5 Å². The van der Waals surface area contributed by atoms with Crippen LogP contribution in [0, 0.1) is 5.92 Å². The first-order chi connectivity index (χ1) is 13.5. The van der Waals surface area contributed by atoms with Gasteiger partial charge in [0.15, 0.2) is 5.82 Å². The van der Waals surface area contributed by atoms with Crippen molar-refractivity contribution < 1.29 is 17.7 Å². The van der Waals surface area contributed by atoms with E-state index >= 15 is 0 Å². The van der Waals surface area contributed by atoms with Gasteiger partial charge in [0.2, 0.25) is 5.89 Å². The first-order valence-electron chi connectivity index (χ1n) is 9.68. The van der Waals surface area contributed by atoms with E-state index in [0.717, 1.165) is 74.8 Å². The molecule has 0 N–H and O–H groups in total. The van der Waals surface area contributed by atoms with Crippen LogP contribution in [0.5, 0.6) is 0 Å². The zero-order valence-corrected chi connectivity index (χ0v) is 17.9. The molecular formula is C18H24ClN3O4S2. The van der Waals surface area contributed by atoms with Gasteiger partial charge >= 0.3 is 0 Å². The van der Waals surface area contributed by atoms with Gasteiger partial charge in [-0.1, -0.05) is 16.8 Å². The van der Waals surface area contributed by atoms with Crippen LogP contribution in [-0.2, 0) is 21.2 Å². The number of nitrogens with zero attached hydrogens (tertiary/aromatic N) is 3. The van der Waals surface area contributed by atoms with E-state index in [9.17, 15) is 8.42 Å². The van der Waals surface area contributed by atoms with Crippen LogP contribution in [0.1, 0.15) is 49.7 Å². The highest BCUT2D eigenvalue weighted by molar-refractivity contribution is 7.91. The summed E-state index contributed by atoms with van der Waals surface area (Å²) in [7, 11) is -3.42. The Labute approximate surface area is 174 Å². The Morgan fingerprint density at radius 2 is 1.93 bits per heavy atom. The largest absolute Gasteiger partial charge is 0.381 e. The number of hydrogen-bond acceptors (Lipinski definition) is 7. The molecule has 28 heavy (non-hydrogen) atoms. The summed E-state index contributed by atoms with van der Waals surface area (Å²) < 4.78 is 38.6. The lowest BCUT2D eigenvalue weighted by Gasteiger charge is -2.30. The van der Waals surface area contributed by atoms with Crippen LogP contribution in [0.15, 0.2) is 20.9 Å². The van der Waals surface area contributed by atoms with Gasteiger partial charge in [0, 0.05) is 38.6 Å². The van der Waals surface area contributed by atoms with E-state index in [1.165, 1.54) is 0 Å². The lowest BCUT2D eigenvalue weighted by Crippen LogP contribution is -2.38. The SMILES string of the molecule is O=S(=O)(c1ccc(Cl)s1)N1CCC(CCc2noc(C3CCOCC3)n2)CC1. The molecule has 0 atom stereocenters. The number of hydrogen-bond donors (Lipinski definition) is 0. The Balaban J connectivity index is 1.26. The highest BCUT2D eigenvalue weighted by Gasteiger charge is 2.30. The molecule has 0 spiro atoms. The molecule has 7 nitrogen and oxygen atoms in total. The second-order valence-electron chi connectivity index (χ2n) is 7.38. The second-order valence-corrected chi connectivity index (χ2v) is 11.3. The minimum Gasteiger partial charge on any atom is -0.381 e. The maximum atomic E-state index is 12.7. The molecule has 154 valence electrons. The Bertz CT molecular complexity index is 884. The van der Waals surface area contributed by atoms with Crippen molar-refractivity contribution in [2.75, 3.05) is 26.3 Å². The zero-order valence-electron chi connectivity index (χ0n) is 15.5. The number of ether oxygens (including phenoxy) is 1. The van der Waals surface area contributed by atoms with Crippen LogP contribution in [-0.4, -0.2) is 49.2 Å². The van der Waals surface area contributed by atoms with Gasteiger partial charge in [-0.25, -0.2) is 8.42 Å². The Morgan fingerprint density at radius 1 is 1.18 bits per heavy atom. The summed E-state index contributed by atoms with van der Waals surface area (Å²) in [5.41, 5.74) is 0. The molecule has 0 aromatic carbocycles. The fourth-order valence-electron chi connectivity index (χ4n) is 3.81. The van der Waals surface area contributed by atoms with Crippen molar-refractivity contribution >= 4 is 33.0 Å². The number of piperidine rings is 1. The molecule has 4 rings (SSSR count). The minimum absolute atomic E-state index is 0.314. The maximum Gasteiger partial charge on any atom is 0.252 e. The summed E-state index contributed by atoms with van der Waals surface area (Å²) in [6, 6.07) is 3.21. The van der Waals surface area contributed by atoms with Gasteiger partial charge in [-0.05, 0) is 50.2 Å². The van der Waals surface area contributed by atoms with Gasteiger partial charge < -0.3 is 9.26 Å². The van der Waals surface area contributed by atoms with Crippen LogP contribution in [0.3, 0.4) is 0 Å².